The Morgan fingerprint density at radius 2 is 1.94 bits per heavy atom. The van der Waals surface area contributed by atoms with Gasteiger partial charge in [-0.15, -0.1) is 0 Å². The zero-order valence-electron chi connectivity index (χ0n) is 10.3. The number of piperidine rings is 1. The van der Waals surface area contributed by atoms with Crippen molar-refractivity contribution in [2.24, 2.45) is 0 Å². The lowest BCUT2D eigenvalue weighted by Crippen LogP contribution is -2.38. The van der Waals surface area contributed by atoms with Crippen LogP contribution in [0.2, 0.25) is 0 Å². The summed E-state index contributed by atoms with van der Waals surface area (Å²) in [6.07, 6.45) is 3.35. The summed E-state index contributed by atoms with van der Waals surface area (Å²) in [5.74, 6) is 0.224. The molecule has 1 fully saturated rings. The molecule has 0 unspecified atom stereocenters. The minimum absolute atomic E-state index is 0.224. The van der Waals surface area contributed by atoms with Gasteiger partial charge in [0.05, 0.1) is 0 Å². The third-order valence-corrected chi connectivity index (χ3v) is 3.56. The van der Waals surface area contributed by atoms with Crippen LogP contribution < -0.4 is 0 Å². The van der Waals surface area contributed by atoms with Gasteiger partial charge in [0.25, 0.3) is 0 Å². The van der Waals surface area contributed by atoms with Gasteiger partial charge in [0, 0.05) is 23.9 Å². The highest BCUT2D eigenvalue weighted by molar-refractivity contribution is 5.09. The zero-order valence-corrected chi connectivity index (χ0v) is 10.3. The fourth-order valence-corrected chi connectivity index (χ4v) is 2.52. The molecule has 0 spiro atoms. The summed E-state index contributed by atoms with van der Waals surface area (Å²) in [7, 11) is 0. The van der Waals surface area contributed by atoms with Gasteiger partial charge >= 0.3 is 6.55 Å². The fourth-order valence-electron chi connectivity index (χ4n) is 2.52. The van der Waals surface area contributed by atoms with Gasteiger partial charge in [0.15, 0.2) is 0 Å². The predicted molar refractivity (Wildman–Crippen MR) is 62.2 cm³/mol. The molecule has 1 aliphatic rings. The second kappa shape index (κ2) is 5.12. The van der Waals surface area contributed by atoms with E-state index in [1.54, 1.807) is 6.07 Å². The standard InChI is InChI=1S/C12H19F2N3/c1-9(2)16-7-4-10(5-8-16)11-3-6-15-17(11)12(13)14/h3,6,9-10,12H,4-5,7-8H2,1-2H3. The Hall–Kier alpha value is -0.970. The van der Waals surface area contributed by atoms with Gasteiger partial charge in [-0.2, -0.15) is 13.9 Å². The van der Waals surface area contributed by atoms with Crippen LogP contribution in [0.4, 0.5) is 8.78 Å². The first-order chi connectivity index (χ1) is 8.09. The van der Waals surface area contributed by atoms with Crippen LogP contribution in [0.15, 0.2) is 12.3 Å². The van der Waals surface area contributed by atoms with E-state index in [1.165, 1.54) is 6.20 Å². The number of aromatic nitrogens is 2. The molecular formula is C12H19F2N3. The molecule has 0 saturated carbocycles. The predicted octanol–water partition coefficient (Wildman–Crippen LogP) is 2.87. The van der Waals surface area contributed by atoms with Gasteiger partial charge in [-0.3, -0.25) is 0 Å². The van der Waals surface area contributed by atoms with E-state index in [0.717, 1.165) is 30.6 Å². The third kappa shape index (κ3) is 2.65. The van der Waals surface area contributed by atoms with Gasteiger partial charge in [-0.05, 0) is 45.8 Å². The number of alkyl halides is 2. The third-order valence-electron chi connectivity index (χ3n) is 3.56. The summed E-state index contributed by atoms with van der Waals surface area (Å²) < 4.78 is 26.3. The Morgan fingerprint density at radius 1 is 1.29 bits per heavy atom. The molecule has 0 aliphatic carbocycles. The van der Waals surface area contributed by atoms with E-state index in [1.807, 2.05) is 0 Å². The maximum atomic E-state index is 12.7. The van der Waals surface area contributed by atoms with Gasteiger partial charge in [-0.1, -0.05) is 0 Å². The molecule has 1 saturated heterocycles. The van der Waals surface area contributed by atoms with Crippen LogP contribution in [0.3, 0.4) is 0 Å². The maximum Gasteiger partial charge on any atom is 0.333 e. The molecule has 3 nitrogen and oxygen atoms in total. The number of nitrogens with zero attached hydrogens (tertiary/aromatic N) is 3. The highest BCUT2D eigenvalue weighted by Crippen LogP contribution is 2.30. The first-order valence-corrected chi connectivity index (χ1v) is 6.15. The Bertz CT molecular complexity index is 354. The van der Waals surface area contributed by atoms with Crippen LogP contribution in [-0.2, 0) is 0 Å². The molecule has 0 amide bonds. The summed E-state index contributed by atoms with van der Waals surface area (Å²) in [5, 5.41) is 3.70. The smallest absolute Gasteiger partial charge is 0.301 e. The van der Waals surface area contributed by atoms with E-state index < -0.39 is 6.55 Å². The van der Waals surface area contributed by atoms with Gasteiger partial charge in [0.2, 0.25) is 0 Å². The zero-order chi connectivity index (χ0) is 12.4. The van der Waals surface area contributed by atoms with Crippen molar-refractivity contribution in [2.45, 2.75) is 45.2 Å². The van der Waals surface area contributed by atoms with Crippen molar-refractivity contribution in [1.29, 1.82) is 0 Å². The fraction of sp³-hybridized carbons (Fsp3) is 0.750. The number of hydrogen-bond acceptors (Lipinski definition) is 2. The van der Waals surface area contributed by atoms with Gasteiger partial charge < -0.3 is 4.90 Å². The Kier molecular flexibility index (Phi) is 3.76. The normalized spacial score (nSPS) is 19.4. The molecule has 0 N–H and O–H groups in total. The Morgan fingerprint density at radius 3 is 2.47 bits per heavy atom. The second-order valence-corrected chi connectivity index (χ2v) is 4.88. The molecule has 0 bridgehead atoms. The maximum absolute atomic E-state index is 12.7. The Labute approximate surface area is 100 Å². The molecule has 1 aliphatic heterocycles. The van der Waals surface area contributed by atoms with Crippen LogP contribution in [0, 0.1) is 0 Å². The monoisotopic (exact) mass is 243 g/mol. The molecule has 96 valence electrons. The summed E-state index contributed by atoms with van der Waals surface area (Å²) in [4.78, 5) is 2.39. The highest BCUT2D eigenvalue weighted by Gasteiger charge is 2.25. The van der Waals surface area contributed by atoms with E-state index in [4.69, 9.17) is 0 Å². The quantitative estimate of drug-likeness (QED) is 0.814. The average Bonchev–Trinajstić information content (AvgIpc) is 2.78. The molecule has 17 heavy (non-hydrogen) atoms. The summed E-state index contributed by atoms with van der Waals surface area (Å²) in [6.45, 7) is 3.78. The van der Waals surface area contributed by atoms with Crippen molar-refractivity contribution in [3.8, 4) is 0 Å². The number of hydrogen-bond donors (Lipinski definition) is 0. The SMILES string of the molecule is CC(C)N1CCC(c2ccnn2C(F)F)CC1. The van der Waals surface area contributed by atoms with Crippen molar-refractivity contribution in [3.63, 3.8) is 0 Å². The number of halogens is 2. The Balaban J connectivity index is 2.03. The molecule has 2 heterocycles. The van der Waals surface area contributed by atoms with Crippen LogP contribution >= 0.6 is 0 Å². The molecule has 1 aromatic rings. The van der Waals surface area contributed by atoms with Crippen molar-refractivity contribution in [1.82, 2.24) is 14.7 Å². The van der Waals surface area contributed by atoms with Crippen molar-refractivity contribution in [3.05, 3.63) is 18.0 Å². The van der Waals surface area contributed by atoms with Crippen molar-refractivity contribution in [2.75, 3.05) is 13.1 Å². The van der Waals surface area contributed by atoms with Gasteiger partial charge in [0.1, 0.15) is 0 Å². The lowest BCUT2D eigenvalue weighted by molar-refractivity contribution is 0.0500. The van der Waals surface area contributed by atoms with E-state index in [9.17, 15) is 8.78 Å². The first-order valence-electron chi connectivity index (χ1n) is 6.15. The van der Waals surface area contributed by atoms with E-state index in [0.29, 0.717) is 11.7 Å². The van der Waals surface area contributed by atoms with Crippen molar-refractivity contribution >= 4 is 0 Å². The van der Waals surface area contributed by atoms with E-state index >= 15 is 0 Å². The molecule has 2 rings (SSSR count). The molecular weight excluding hydrogens is 224 g/mol. The minimum atomic E-state index is -2.52. The van der Waals surface area contributed by atoms with E-state index in [2.05, 4.69) is 23.8 Å². The van der Waals surface area contributed by atoms with Crippen LogP contribution in [0.5, 0.6) is 0 Å². The number of rotatable bonds is 3. The van der Waals surface area contributed by atoms with Crippen molar-refractivity contribution < 1.29 is 8.78 Å². The molecule has 5 heteroatoms. The van der Waals surface area contributed by atoms with Crippen LogP contribution in [-0.4, -0.2) is 33.8 Å². The lowest BCUT2D eigenvalue weighted by Gasteiger charge is -2.34. The average molecular weight is 243 g/mol. The molecule has 0 radical (unpaired) electrons. The van der Waals surface area contributed by atoms with Crippen LogP contribution in [0.25, 0.3) is 0 Å². The lowest BCUT2D eigenvalue weighted by atomic mass is 9.93. The largest absolute Gasteiger partial charge is 0.333 e. The van der Waals surface area contributed by atoms with E-state index in [-0.39, 0.29) is 5.92 Å². The summed E-state index contributed by atoms with van der Waals surface area (Å²) in [6, 6.07) is 2.26. The molecule has 1 aromatic heterocycles. The van der Waals surface area contributed by atoms with Crippen LogP contribution in [0.1, 0.15) is 44.9 Å². The first kappa shape index (κ1) is 12.5. The number of likely N-dealkylation sites (tertiary alicyclic amines) is 1. The summed E-state index contributed by atoms with van der Waals surface area (Å²) >= 11 is 0. The minimum Gasteiger partial charge on any atom is -0.301 e. The van der Waals surface area contributed by atoms with Gasteiger partial charge in [-0.25, -0.2) is 4.68 Å². The highest BCUT2D eigenvalue weighted by atomic mass is 19.3. The second-order valence-electron chi connectivity index (χ2n) is 4.88. The topological polar surface area (TPSA) is 21.1 Å². The molecule has 0 atom stereocenters. The summed E-state index contributed by atoms with van der Waals surface area (Å²) in [5.41, 5.74) is 0.684. The molecule has 0 aromatic carbocycles.